The van der Waals surface area contributed by atoms with Gasteiger partial charge in [0.2, 0.25) is 0 Å². The number of nitrogens with zero attached hydrogens (tertiary/aromatic N) is 3. The van der Waals surface area contributed by atoms with Crippen molar-refractivity contribution in [3.8, 4) is 22.4 Å². The molecule has 0 bridgehead atoms. The highest BCUT2D eigenvalue weighted by molar-refractivity contribution is 6.01. The van der Waals surface area contributed by atoms with Gasteiger partial charge in [-0.15, -0.1) is 12.4 Å². The van der Waals surface area contributed by atoms with Gasteiger partial charge in [-0.05, 0) is 48.4 Å². The predicted molar refractivity (Wildman–Crippen MR) is 132 cm³/mol. The third kappa shape index (κ3) is 3.32. The van der Waals surface area contributed by atoms with Crippen LogP contribution in [0.2, 0.25) is 0 Å². The minimum Gasteiger partial charge on any atom is -0.398 e. The van der Waals surface area contributed by atoms with Crippen LogP contribution in [0.4, 0.5) is 5.69 Å². The maximum absolute atomic E-state index is 6.49. The second kappa shape index (κ2) is 8.11. The molecule has 2 aromatic carbocycles. The number of nitrogens with two attached hydrogens (primary N) is 1. The van der Waals surface area contributed by atoms with Crippen molar-refractivity contribution in [2.45, 2.75) is 6.42 Å². The van der Waals surface area contributed by atoms with Gasteiger partial charge in [-0.3, -0.25) is 5.10 Å². The molecule has 0 unspecified atom stereocenters. The van der Waals surface area contributed by atoms with E-state index in [4.69, 9.17) is 5.73 Å². The van der Waals surface area contributed by atoms with E-state index in [1.165, 1.54) is 5.57 Å². The molecule has 7 nitrogen and oxygen atoms in total. The number of H-pyrrole nitrogens is 2. The summed E-state index contributed by atoms with van der Waals surface area (Å²) in [6.07, 6.45) is 6.66. The number of aromatic nitrogens is 5. The lowest BCUT2D eigenvalue weighted by Gasteiger charge is -2.13. The molecule has 0 aliphatic carbocycles. The first-order valence-corrected chi connectivity index (χ1v) is 10.3. The molecular weight excluding hydrogens is 422 g/mol. The van der Waals surface area contributed by atoms with Gasteiger partial charge in [0, 0.05) is 39.8 Å². The summed E-state index contributed by atoms with van der Waals surface area (Å²) in [4.78, 5) is 12.6. The summed E-state index contributed by atoms with van der Waals surface area (Å²) in [7, 11) is 0. The molecule has 0 amide bonds. The van der Waals surface area contributed by atoms with Gasteiger partial charge in [-0.2, -0.15) is 5.10 Å². The topological polar surface area (TPSA) is 108 Å². The van der Waals surface area contributed by atoms with E-state index in [0.717, 1.165) is 69.5 Å². The van der Waals surface area contributed by atoms with Crippen molar-refractivity contribution in [1.29, 1.82) is 0 Å². The third-order valence-corrected chi connectivity index (χ3v) is 5.92. The van der Waals surface area contributed by atoms with Gasteiger partial charge in [0.15, 0.2) is 0 Å². The van der Waals surface area contributed by atoms with Gasteiger partial charge in [0.25, 0.3) is 0 Å². The molecule has 8 heteroatoms. The van der Waals surface area contributed by atoms with Crippen molar-refractivity contribution in [1.82, 2.24) is 30.5 Å². The van der Waals surface area contributed by atoms with Crippen LogP contribution in [-0.2, 0) is 0 Å². The monoisotopic (exact) mass is 443 g/mol. The number of benzene rings is 2. The van der Waals surface area contributed by atoms with Crippen molar-refractivity contribution in [3.05, 3.63) is 66.8 Å². The van der Waals surface area contributed by atoms with Crippen molar-refractivity contribution < 1.29 is 0 Å². The number of anilines is 1. The summed E-state index contributed by atoms with van der Waals surface area (Å²) in [5.74, 6) is 0. The zero-order valence-electron chi connectivity index (χ0n) is 17.2. The molecule has 6 rings (SSSR count). The number of fused-ring (bicyclic) bond motifs is 2. The highest BCUT2D eigenvalue weighted by Crippen LogP contribution is 2.39. The largest absolute Gasteiger partial charge is 0.398 e. The Bertz CT molecular complexity index is 1460. The number of nitrogen functional groups attached to an aromatic ring is 1. The molecule has 4 heterocycles. The standard InChI is InChI=1S/C24H21N7.ClH/c25-19-3-1-2-17(22(19)15-4-5-20-16(10-15)12-29-31-20)23-18-11-21(14-6-8-26-9-7-14)30-24(18)28-13-27-23;/h1-6,10-13,26H,7-9,25H2,(H,29,31)(H,27,28,30);1H. The summed E-state index contributed by atoms with van der Waals surface area (Å²) in [5.41, 5.74) is 15.3. The molecule has 5 aromatic rings. The predicted octanol–water partition coefficient (Wildman–Crippen LogP) is 4.55. The first kappa shape index (κ1) is 20.2. The van der Waals surface area contributed by atoms with Crippen LogP contribution in [0.15, 0.2) is 61.1 Å². The molecule has 5 N–H and O–H groups in total. The molecule has 160 valence electrons. The summed E-state index contributed by atoms with van der Waals surface area (Å²) >= 11 is 0. The number of hydrogen-bond acceptors (Lipinski definition) is 5. The van der Waals surface area contributed by atoms with Crippen molar-refractivity contribution in [2.75, 3.05) is 18.8 Å². The highest BCUT2D eigenvalue weighted by Gasteiger charge is 2.18. The fourth-order valence-corrected chi connectivity index (χ4v) is 4.38. The van der Waals surface area contributed by atoms with Crippen molar-refractivity contribution in [3.63, 3.8) is 0 Å². The highest BCUT2D eigenvalue weighted by atomic mass is 35.5. The van der Waals surface area contributed by atoms with E-state index < -0.39 is 0 Å². The summed E-state index contributed by atoms with van der Waals surface area (Å²) in [6, 6.07) is 14.3. The van der Waals surface area contributed by atoms with E-state index >= 15 is 0 Å². The van der Waals surface area contributed by atoms with Crippen LogP contribution in [0.25, 0.3) is 49.9 Å². The molecule has 32 heavy (non-hydrogen) atoms. The number of nitrogens with one attached hydrogen (secondary N) is 3. The third-order valence-electron chi connectivity index (χ3n) is 5.92. The molecule has 0 saturated carbocycles. The van der Waals surface area contributed by atoms with Crippen LogP contribution in [0.1, 0.15) is 12.1 Å². The van der Waals surface area contributed by atoms with Crippen LogP contribution < -0.4 is 11.1 Å². The molecule has 0 saturated heterocycles. The molecular formula is C24H22ClN7. The van der Waals surface area contributed by atoms with E-state index in [9.17, 15) is 0 Å². The molecule has 1 aliphatic heterocycles. The Hall–Kier alpha value is -3.68. The van der Waals surface area contributed by atoms with Crippen LogP contribution in [0.5, 0.6) is 0 Å². The zero-order valence-corrected chi connectivity index (χ0v) is 18.0. The quantitative estimate of drug-likeness (QED) is 0.306. The van der Waals surface area contributed by atoms with Gasteiger partial charge < -0.3 is 16.0 Å². The normalized spacial score (nSPS) is 13.8. The minimum atomic E-state index is 0. The zero-order chi connectivity index (χ0) is 20.8. The lowest BCUT2D eigenvalue weighted by molar-refractivity contribution is 0.737. The van der Waals surface area contributed by atoms with Crippen molar-refractivity contribution in [2.24, 2.45) is 0 Å². The Morgan fingerprint density at radius 1 is 1.03 bits per heavy atom. The number of aromatic amines is 2. The number of hydrogen-bond donors (Lipinski definition) is 4. The number of rotatable bonds is 3. The van der Waals surface area contributed by atoms with E-state index in [0.29, 0.717) is 5.69 Å². The molecule has 0 fully saturated rings. The minimum absolute atomic E-state index is 0. The molecule has 0 atom stereocenters. The Labute approximate surface area is 190 Å². The lowest BCUT2D eigenvalue weighted by Crippen LogP contribution is -2.20. The average Bonchev–Trinajstić information content (AvgIpc) is 3.46. The molecule has 0 spiro atoms. The lowest BCUT2D eigenvalue weighted by atomic mass is 9.94. The maximum atomic E-state index is 6.49. The van der Waals surface area contributed by atoms with Gasteiger partial charge in [-0.25, -0.2) is 9.97 Å². The first-order valence-electron chi connectivity index (χ1n) is 10.3. The van der Waals surface area contributed by atoms with Gasteiger partial charge in [-0.1, -0.05) is 24.3 Å². The fraction of sp³-hybridized carbons (Fsp3) is 0.125. The SMILES string of the molecule is Cl.Nc1cccc(-c2ncnc3[nH]c(C4=CCNCC4)cc23)c1-c1ccc2[nH]ncc2c1. The average molecular weight is 444 g/mol. The number of halogens is 1. The van der Waals surface area contributed by atoms with E-state index in [-0.39, 0.29) is 12.4 Å². The second-order valence-electron chi connectivity index (χ2n) is 7.79. The van der Waals surface area contributed by atoms with Crippen LogP contribution in [-0.4, -0.2) is 38.2 Å². The van der Waals surface area contributed by atoms with Crippen LogP contribution in [0, 0.1) is 0 Å². The Balaban J connectivity index is 0.00000216. The van der Waals surface area contributed by atoms with E-state index in [2.05, 4.69) is 60.8 Å². The second-order valence-corrected chi connectivity index (χ2v) is 7.79. The molecule has 3 aromatic heterocycles. The first-order chi connectivity index (χ1) is 15.3. The van der Waals surface area contributed by atoms with Crippen LogP contribution >= 0.6 is 12.4 Å². The Morgan fingerprint density at radius 3 is 2.84 bits per heavy atom. The summed E-state index contributed by atoms with van der Waals surface area (Å²) in [5, 5.41) is 12.5. The van der Waals surface area contributed by atoms with Gasteiger partial charge in [0.05, 0.1) is 17.4 Å². The van der Waals surface area contributed by atoms with E-state index in [1.54, 1.807) is 6.33 Å². The molecule has 1 aliphatic rings. The van der Waals surface area contributed by atoms with Gasteiger partial charge >= 0.3 is 0 Å². The Kier molecular flexibility index (Phi) is 5.13. The van der Waals surface area contributed by atoms with Gasteiger partial charge in [0.1, 0.15) is 12.0 Å². The van der Waals surface area contributed by atoms with E-state index in [1.807, 2.05) is 24.4 Å². The maximum Gasteiger partial charge on any atom is 0.141 e. The van der Waals surface area contributed by atoms with Crippen molar-refractivity contribution >= 4 is 45.6 Å². The summed E-state index contributed by atoms with van der Waals surface area (Å²) in [6.45, 7) is 1.87. The fourth-order valence-electron chi connectivity index (χ4n) is 4.38. The molecule has 0 radical (unpaired) electrons. The van der Waals surface area contributed by atoms with Crippen LogP contribution in [0.3, 0.4) is 0 Å². The smallest absolute Gasteiger partial charge is 0.141 e. The Morgan fingerprint density at radius 2 is 1.97 bits per heavy atom. The summed E-state index contributed by atoms with van der Waals surface area (Å²) < 4.78 is 0.